The summed E-state index contributed by atoms with van der Waals surface area (Å²) in [5.41, 5.74) is 5.67. The summed E-state index contributed by atoms with van der Waals surface area (Å²) < 4.78 is 23.8. The number of rotatable bonds is 11. The smallest absolute Gasteiger partial charge is 0.355 e. The Kier molecular flexibility index (Phi) is 8.36. The third-order valence-electron chi connectivity index (χ3n) is 7.12. The first kappa shape index (κ1) is 27.7. The summed E-state index contributed by atoms with van der Waals surface area (Å²) in [6.07, 6.45) is 0. The van der Waals surface area contributed by atoms with E-state index in [1.807, 2.05) is 127 Å². The van der Waals surface area contributed by atoms with E-state index in [9.17, 15) is 4.79 Å². The van der Waals surface area contributed by atoms with Crippen molar-refractivity contribution in [2.24, 2.45) is 0 Å². The Bertz CT molecular complexity index is 1810. The van der Waals surface area contributed by atoms with Gasteiger partial charge in [-0.25, -0.2) is 4.79 Å². The van der Waals surface area contributed by atoms with E-state index in [1.165, 1.54) is 7.11 Å². The summed E-state index contributed by atoms with van der Waals surface area (Å²) >= 11 is 0. The number of benzene rings is 5. The lowest BCUT2D eigenvalue weighted by molar-refractivity contribution is 0.0596. The molecule has 0 radical (unpaired) electrons. The molecule has 0 bridgehead atoms. The lowest BCUT2D eigenvalue weighted by Gasteiger charge is -2.15. The zero-order valence-corrected chi connectivity index (χ0v) is 23.8. The quantitative estimate of drug-likeness (QED) is 0.159. The molecule has 6 nitrogen and oxygen atoms in total. The molecule has 1 N–H and O–H groups in total. The van der Waals surface area contributed by atoms with Crippen LogP contribution in [0.4, 0.5) is 0 Å². The van der Waals surface area contributed by atoms with Gasteiger partial charge in [0.1, 0.15) is 42.8 Å². The number of hydrogen-bond acceptors (Lipinski definition) is 5. The molecule has 0 saturated carbocycles. The number of carbonyl (C=O) groups is 1. The lowest BCUT2D eigenvalue weighted by atomic mass is 10.00. The fourth-order valence-electron chi connectivity index (χ4n) is 4.94. The van der Waals surface area contributed by atoms with Crippen molar-refractivity contribution in [1.82, 2.24) is 4.98 Å². The maximum Gasteiger partial charge on any atom is 0.355 e. The lowest BCUT2D eigenvalue weighted by Crippen LogP contribution is -2.04. The van der Waals surface area contributed by atoms with Crippen LogP contribution in [0.3, 0.4) is 0 Å². The largest absolute Gasteiger partial charge is 0.489 e. The summed E-state index contributed by atoms with van der Waals surface area (Å²) in [5.74, 6) is 1.46. The van der Waals surface area contributed by atoms with Crippen molar-refractivity contribution in [2.45, 2.75) is 19.8 Å². The van der Waals surface area contributed by atoms with Crippen molar-refractivity contribution in [3.8, 4) is 28.4 Å². The number of H-pyrrole nitrogens is 1. The molecule has 0 aliphatic carbocycles. The van der Waals surface area contributed by atoms with Crippen LogP contribution < -0.4 is 14.2 Å². The Morgan fingerprint density at radius 2 is 1.12 bits per heavy atom. The predicted octanol–water partition coefficient (Wildman–Crippen LogP) is 8.36. The molecule has 214 valence electrons. The zero-order valence-electron chi connectivity index (χ0n) is 23.8. The highest BCUT2D eigenvalue weighted by Gasteiger charge is 2.23. The summed E-state index contributed by atoms with van der Waals surface area (Å²) in [5, 5.41) is 0.843. The average molecular weight is 570 g/mol. The molecule has 6 aromatic rings. The third-order valence-corrected chi connectivity index (χ3v) is 7.12. The predicted molar refractivity (Wildman–Crippen MR) is 167 cm³/mol. The van der Waals surface area contributed by atoms with Crippen molar-refractivity contribution in [1.29, 1.82) is 0 Å². The molecular formula is C37H31NO5. The van der Waals surface area contributed by atoms with Crippen molar-refractivity contribution in [2.75, 3.05) is 7.11 Å². The second-order valence-corrected chi connectivity index (χ2v) is 10.1. The Hall–Kier alpha value is -5.49. The van der Waals surface area contributed by atoms with E-state index in [1.54, 1.807) is 0 Å². The van der Waals surface area contributed by atoms with E-state index in [0.717, 1.165) is 33.2 Å². The van der Waals surface area contributed by atoms with Crippen LogP contribution in [0.2, 0.25) is 0 Å². The van der Waals surface area contributed by atoms with Gasteiger partial charge in [-0.2, -0.15) is 0 Å². The number of ether oxygens (including phenoxy) is 4. The molecule has 0 amide bonds. The average Bonchev–Trinajstić information content (AvgIpc) is 3.45. The fraction of sp³-hybridized carbons (Fsp3) is 0.108. The van der Waals surface area contributed by atoms with E-state index < -0.39 is 5.97 Å². The molecule has 0 unspecified atom stereocenters. The molecule has 0 spiro atoms. The highest BCUT2D eigenvalue weighted by Crippen LogP contribution is 2.41. The van der Waals surface area contributed by atoms with Crippen LogP contribution in [0, 0.1) is 0 Å². The van der Waals surface area contributed by atoms with Crippen LogP contribution in [0.1, 0.15) is 27.2 Å². The monoisotopic (exact) mass is 569 g/mol. The third kappa shape index (κ3) is 6.54. The van der Waals surface area contributed by atoms with E-state index in [0.29, 0.717) is 48.3 Å². The van der Waals surface area contributed by atoms with Crippen LogP contribution in [-0.2, 0) is 24.6 Å². The molecule has 5 aromatic carbocycles. The van der Waals surface area contributed by atoms with Gasteiger partial charge < -0.3 is 23.9 Å². The molecule has 1 aromatic heterocycles. The van der Waals surface area contributed by atoms with E-state index in [4.69, 9.17) is 18.9 Å². The van der Waals surface area contributed by atoms with E-state index >= 15 is 0 Å². The first-order chi connectivity index (χ1) is 21.2. The molecular weight excluding hydrogens is 538 g/mol. The molecule has 0 aliphatic heterocycles. The number of fused-ring (bicyclic) bond motifs is 1. The summed E-state index contributed by atoms with van der Waals surface area (Å²) in [7, 11) is 1.37. The normalized spacial score (nSPS) is 10.8. The van der Waals surface area contributed by atoms with Gasteiger partial charge in [0.2, 0.25) is 0 Å². The topological polar surface area (TPSA) is 69.8 Å². The number of esters is 1. The number of aromatic amines is 1. The highest BCUT2D eigenvalue weighted by molar-refractivity contribution is 6.09. The minimum Gasteiger partial charge on any atom is -0.489 e. The Morgan fingerprint density at radius 3 is 1.67 bits per heavy atom. The number of aromatic nitrogens is 1. The molecule has 6 heteroatoms. The van der Waals surface area contributed by atoms with Gasteiger partial charge in [0.15, 0.2) is 0 Å². The fourth-order valence-corrected chi connectivity index (χ4v) is 4.94. The van der Waals surface area contributed by atoms with Gasteiger partial charge in [0, 0.05) is 28.6 Å². The molecule has 0 atom stereocenters. The number of methoxy groups -OCH3 is 1. The van der Waals surface area contributed by atoms with Gasteiger partial charge in [-0.05, 0) is 41.0 Å². The summed E-state index contributed by atoms with van der Waals surface area (Å²) in [6, 6.07) is 41.4. The van der Waals surface area contributed by atoms with Gasteiger partial charge in [-0.3, -0.25) is 0 Å². The van der Waals surface area contributed by atoms with Crippen LogP contribution in [0.5, 0.6) is 17.2 Å². The molecule has 43 heavy (non-hydrogen) atoms. The maximum absolute atomic E-state index is 13.0. The van der Waals surface area contributed by atoms with Crippen LogP contribution in [0.25, 0.3) is 22.0 Å². The van der Waals surface area contributed by atoms with Gasteiger partial charge in [0.05, 0.1) is 12.6 Å². The number of hydrogen-bond donors (Lipinski definition) is 1. The van der Waals surface area contributed by atoms with Gasteiger partial charge in [-0.1, -0.05) is 91.0 Å². The second kappa shape index (κ2) is 13.0. The van der Waals surface area contributed by atoms with E-state index in [2.05, 4.69) is 4.98 Å². The Labute approximate surface area is 250 Å². The van der Waals surface area contributed by atoms with Crippen LogP contribution in [0.15, 0.2) is 127 Å². The van der Waals surface area contributed by atoms with Gasteiger partial charge >= 0.3 is 5.97 Å². The van der Waals surface area contributed by atoms with Gasteiger partial charge in [0.25, 0.3) is 0 Å². The first-order valence-corrected chi connectivity index (χ1v) is 14.1. The molecule has 0 saturated heterocycles. The molecule has 0 aliphatic rings. The maximum atomic E-state index is 13.0. The van der Waals surface area contributed by atoms with Crippen LogP contribution in [-0.4, -0.2) is 18.1 Å². The summed E-state index contributed by atoms with van der Waals surface area (Å²) in [4.78, 5) is 16.3. The Balaban J connectivity index is 1.37. The van der Waals surface area contributed by atoms with Gasteiger partial charge in [-0.15, -0.1) is 0 Å². The zero-order chi connectivity index (χ0) is 29.4. The Morgan fingerprint density at radius 1 is 0.605 bits per heavy atom. The molecule has 6 rings (SSSR count). The number of carbonyl (C=O) groups excluding carboxylic acids is 1. The minimum atomic E-state index is -0.476. The standard InChI is InChI=1S/C37H31NO5/c1-40-37(39)36-35(31-19-17-29(21-33(31)38-36)41-23-26-11-5-2-6-12-26)32-20-18-30(42-24-27-13-7-3-8-14-27)22-34(32)43-25-28-15-9-4-10-16-28/h2-22,38H,23-25H2,1H3. The molecule has 0 fully saturated rings. The minimum absolute atomic E-state index is 0.334. The van der Waals surface area contributed by atoms with Crippen molar-refractivity contribution < 1.29 is 23.7 Å². The number of nitrogens with one attached hydrogen (secondary N) is 1. The van der Waals surface area contributed by atoms with Crippen LogP contribution >= 0.6 is 0 Å². The second-order valence-electron chi connectivity index (χ2n) is 10.1. The highest BCUT2D eigenvalue weighted by atomic mass is 16.5. The van der Waals surface area contributed by atoms with Crippen molar-refractivity contribution >= 4 is 16.9 Å². The first-order valence-electron chi connectivity index (χ1n) is 14.1. The summed E-state index contributed by atoms with van der Waals surface area (Å²) in [6.45, 7) is 1.21. The van der Waals surface area contributed by atoms with Crippen molar-refractivity contribution in [3.63, 3.8) is 0 Å². The van der Waals surface area contributed by atoms with Crippen molar-refractivity contribution in [3.05, 3.63) is 150 Å². The SMILES string of the molecule is COC(=O)c1[nH]c2cc(OCc3ccccc3)ccc2c1-c1ccc(OCc2ccccc2)cc1OCc1ccccc1. The van der Waals surface area contributed by atoms with E-state index in [-0.39, 0.29) is 0 Å². The molecule has 1 heterocycles.